The quantitative estimate of drug-likeness (QED) is 0.449. The highest BCUT2D eigenvalue weighted by molar-refractivity contribution is 6.03. The van der Waals surface area contributed by atoms with Crippen molar-refractivity contribution in [3.05, 3.63) is 17.7 Å². The van der Waals surface area contributed by atoms with Crippen LogP contribution in [0.15, 0.2) is 12.1 Å². The fraction of sp³-hybridized carbons (Fsp3) is 0. The molecule has 0 aliphatic carbocycles. The normalized spacial score (nSPS) is 9.69. The predicted octanol–water partition coefficient (Wildman–Crippen LogP) is -0.297. The molecule has 0 bridgehead atoms. The Labute approximate surface area is 101 Å². The van der Waals surface area contributed by atoms with Crippen LogP contribution >= 0.6 is 0 Å². The van der Waals surface area contributed by atoms with E-state index < -0.39 is 5.97 Å². The molecule has 0 spiro atoms. The van der Waals surface area contributed by atoms with Gasteiger partial charge in [0.05, 0.1) is 0 Å². The maximum atomic E-state index is 10.9. The Morgan fingerprint density at radius 1 is 1.12 bits per heavy atom. The average molecular weight is 267 g/mol. The summed E-state index contributed by atoms with van der Waals surface area (Å²) in [4.78, 5) is 15.5. The largest absolute Gasteiger partial charge is 0.538 e. The second kappa shape index (κ2) is 5.69. The molecule has 0 atom stereocenters. The van der Waals surface area contributed by atoms with Crippen LogP contribution in [0, 0.1) is 0 Å². The number of aromatic carboxylic acids is 1. The standard InChI is InChI=1S/C7H3O6Si3/c8-7(9)3-1-2-4(11-14)6(12-15)5(3)10-13-16/h1-2H,(H,8,9). The van der Waals surface area contributed by atoms with Gasteiger partial charge in [0.15, 0.2) is 5.75 Å². The molecule has 9 heteroatoms. The van der Waals surface area contributed by atoms with Crippen molar-refractivity contribution in [2.24, 2.45) is 0 Å². The van der Waals surface area contributed by atoms with E-state index in [1.165, 1.54) is 12.1 Å². The molecule has 0 fully saturated rings. The molecule has 1 rings (SSSR count). The van der Waals surface area contributed by atoms with Gasteiger partial charge in [-0.1, -0.05) is 0 Å². The predicted molar refractivity (Wildman–Crippen MR) is 53.6 cm³/mol. The summed E-state index contributed by atoms with van der Waals surface area (Å²) in [6.07, 6.45) is 0. The Morgan fingerprint density at radius 3 is 2.25 bits per heavy atom. The lowest BCUT2D eigenvalue weighted by Gasteiger charge is -2.13. The maximum absolute atomic E-state index is 10.9. The van der Waals surface area contributed by atoms with E-state index in [-0.39, 0.29) is 22.8 Å². The molecule has 79 valence electrons. The van der Waals surface area contributed by atoms with Gasteiger partial charge in [0.1, 0.15) is 11.3 Å². The Morgan fingerprint density at radius 2 is 1.81 bits per heavy atom. The van der Waals surface area contributed by atoms with Crippen LogP contribution in [0.4, 0.5) is 0 Å². The molecule has 0 saturated heterocycles. The molecule has 1 aromatic carbocycles. The van der Waals surface area contributed by atoms with Gasteiger partial charge in [-0.2, -0.15) is 0 Å². The Bertz CT molecular complexity index is 396. The van der Waals surface area contributed by atoms with E-state index in [1.807, 2.05) is 0 Å². The van der Waals surface area contributed by atoms with Crippen LogP contribution in [0.1, 0.15) is 10.4 Å². The number of carboxylic acids is 1. The molecule has 0 unspecified atom stereocenters. The maximum Gasteiger partial charge on any atom is 0.341 e. The zero-order valence-electron chi connectivity index (χ0n) is 7.64. The molecule has 9 radical (unpaired) electrons. The minimum absolute atomic E-state index is 0.00446. The number of rotatable bonds is 5. The van der Waals surface area contributed by atoms with Crippen LogP contribution in [0.5, 0.6) is 17.2 Å². The summed E-state index contributed by atoms with van der Waals surface area (Å²) >= 11 is 0. The first-order chi connectivity index (χ1) is 7.65. The number of carboxylic acid groups (broad SMARTS) is 1. The fourth-order valence-electron chi connectivity index (χ4n) is 1.01. The van der Waals surface area contributed by atoms with Gasteiger partial charge in [0.2, 0.25) is 5.75 Å². The molecule has 0 aliphatic rings. The second-order valence-corrected chi connectivity index (χ2v) is 3.02. The van der Waals surface area contributed by atoms with E-state index in [2.05, 4.69) is 40.9 Å². The second-order valence-electron chi connectivity index (χ2n) is 2.45. The minimum Gasteiger partial charge on any atom is -0.538 e. The van der Waals surface area contributed by atoms with Crippen molar-refractivity contribution in [2.45, 2.75) is 0 Å². The van der Waals surface area contributed by atoms with Gasteiger partial charge < -0.3 is 18.8 Å². The lowest BCUT2D eigenvalue weighted by molar-refractivity contribution is -0.0950. The summed E-state index contributed by atoms with van der Waals surface area (Å²) in [6.45, 7) is 0. The molecule has 0 heterocycles. The Balaban J connectivity index is 3.37. The van der Waals surface area contributed by atoms with Gasteiger partial charge in [-0.25, -0.2) is 9.37 Å². The van der Waals surface area contributed by atoms with Gasteiger partial charge in [0.25, 0.3) is 0 Å². The molecule has 0 aromatic heterocycles. The van der Waals surface area contributed by atoms with E-state index in [4.69, 9.17) is 14.0 Å². The third kappa shape index (κ3) is 2.44. The third-order valence-electron chi connectivity index (χ3n) is 1.64. The van der Waals surface area contributed by atoms with Gasteiger partial charge in [-0.3, -0.25) is 0 Å². The highest BCUT2D eigenvalue weighted by atomic mass is 28.2. The molecule has 0 amide bonds. The van der Waals surface area contributed by atoms with Crippen molar-refractivity contribution < 1.29 is 28.2 Å². The van der Waals surface area contributed by atoms with Crippen molar-refractivity contribution in [3.63, 3.8) is 0 Å². The first-order valence-electron chi connectivity index (χ1n) is 3.73. The monoisotopic (exact) mass is 267 g/mol. The fourth-order valence-corrected chi connectivity index (χ4v) is 1.45. The smallest absolute Gasteiger partial charge is 0.341 e. The lowest BCUT2D eigenvalue weighted by atomic mass is 10.2. The number of carbonyl (C=O) groups is 1. The van der Waals surface area contributed by atoms with Crippen LogP contribution in [-0.2, 0) is 4.58 Å². The number of hydrogen-bond donors (Lipinski definition) is 1. The summed E-state index contributed by atoms with van der Waals surface area (Å²) in [5.74, 6) is -1.15. The van der Waals surface area contributed by atoms with E-state index in [9.17, 15) is 4.79 Å². The number of benzene rings is 1. The summed E-state index contributed by atoms with van der Waals surface area (Å²) < 4.78 is 13.8. The van der Waals surface area contributed by atoms with Crippen molar-refractivity contribution in [1.82, 2.24) is 0 Å². The lowest BCUT2D eigenvalue weighted by Crippen LogP contribution is -2.06. The van der Waals surface area contributed by atoms with Crippen LogP contribution in [0.2, 0.25) is 0 Å². The molecule has 0 saturated carbocycles. The van der Waals surface area contributed by atoms with E-state index in [0.717, 1.165) is 0 Å². The van der Waals surface area contributed by atoms with Crippen molar-refractivity contribution in [3.8, 4) is 17.2 Å². The average Bonchev–Trinajstić information content (AvgIpc) is 2.28. The SMILES string of the molecule is O=C(O)c1ccc(O[Si])c(O[Si])c1OO[Si]. The molecule has 0 aliphatic heterocycles. The van der Waals surface area contributed by atoms with E-state index >= 15 is 0 Å². The number of hydrogen-bond acceptors (Lipinski definition) is 5. The van der Waals surface area contributed by atoms with Crippen LogP contribution in [-0.4, -0.2) is 42.5 Å². The summed E-state index contributed by atoms with van der Waals surface area (Å²) in [5, 5.41) is 8.90. The van der Waals surface area contributed by atoms with Gasteiger partial charge in [-0.05, 0) is 12.1 Å². The van der Waals surface area contributed by atoms with E-state index in [1.54, 1.807) is 0 Å². The highest BCUT2D eigenvalue weighted by Gasteiger charge is 2.21. The minimum atomic E-state index is -1.20. The first-order valence-corrected chi connectivity index (χ1v) is 4.95. The Hall–Kier alpha value is -1.30. The zero-order chi connectivity index (χ0) is 12.1. The van der Waals surface area contributed by atoms with Gasteiger partial charge >= 0.3 is 37.4 Å². The summed E-state index contributed by atoms with van der Waals surface area (Å²) in [5.41, 5.74) is -0.154. The van der Waals surface area contributed by atoms with Crippen LogP contribution in [0.3, 0.4) is 0 Å². The van der Waals surface area contributed by atoms with Crippen molar-refractivity contribution in [2.75, 3.05) is 0 Å². The molecular weight excluding hydrogens is 264 g/mol. The topological polar surface area (TPSA) is 74.2 Å². The van der Waals surface area contributed by atoms with Crippen LogP contribution < -0.4 is 13.7 Å². The zero-order valence-corrected chi connectivity index (χ0v) is 10.6. The molecule has 6 nitrogen and oxygen atoms in total. The van der Waals surface area contributed by atoms with E-state index in [0.29, 0.717) is 0 Å². The molecular formula is C7H3O6Si3. The highest BCUT2D eigenvalue weighted by Crippen LogP contribution is 2.39. The first kappa shape index (κ1) is 12.8. The van der Waals surface area contributed by atoms with Gasteiger partial charge in [-0.15, -0.1) is 0 Å². The third-order valence-corrected chi connectivity index (χ3v) is 2.15. The Kier molecular flexibility index (Phi) is 4.54. The summed E-state index contributed by atoms with van der Waals surface area (Å²) in [6, 6.07) is 2.65. The molecule has 16 heavy (non-hydrogen) atoms. The van der Waals surface area contributed by atoms with Gasteiger partial charge in [0, 0.05) is 0 Å². The summed E-state index contributed by atoms with van der Waals surface area (Å²) in [7, 11) is 8.13. The van der Waals surface area contributed by atoms with Crippen molar-refractivity contribution in [1.29, 1.82) is 0 Å². The van der Waals surface area contributed by atoms with Crippen LogP contribution in [0.25, 0.3) is 0 Å². The molecule has 1 N–H and O–H groups in total. The van der Waals surface area contributed by atoms with Crippen molar-refractivity contribution >= 4 is 37.4 Å². The molecule has 1 aromatic rings.